The number of hydrazine groups is 1. The summed E-state index contributed by atoms with van der Waals surface area (Å²) in [6.45, 7) is 7.72. The first-order valence-electron chi connectivity index (χ1n) is 4.17. The maximum atomic E-state index is 9.48. The first-order chi connectivity index (χ1) is 4.95. The zero-order chi connectivity index (χ0) is 8.91. The Morgan fingerprint density at radius 2 is 2.00 bits per heavy atom. The topological polar surface area (TPSA) is 49.5 Å². The molecule has 0 heterocycles. The molecule has 11 heavy (non-hydrogen) atoms. The molecule has 0 saturated carbocycles. The molecule has 3 nitrogen and oxygen atoms in total. The van der Waals surface area contributed by atoms with Crippen molar-refractivity contribution in [3.8, 4) is 0 Å². The van der Waals surface area contributed by atoms with Crippen LogP contribution in [-0.2, 0) is 0 Å². The molecule has 0 amide bonds. The predicted octanol–water partition coefficient (Wildman–Crippen LogP) is 0.769. The summed E-state index contributed by atoms with van der Waals surface area (Å²) >= 11 is 0. The van der Waals surface area contributed by atoms with E-state index in [9.17, 15) is 4.80 Å². The quantitative estimate of drug-likeness (QED) is 0.369. The molecule has 4 heteroatoms. The van der Waals surface area contributed by atoms with E-state index < -0.39 is 8.32 Å². The highest BCUT2D eigenvalue weighted by molar-refractivity contribution is 6.69. The van der Waals surface area contributed by atoms with E-state index in [4.69, 9.17) is 5.84 Å². The van der Waals surface area contributed by atoms with Gasteiger partial charge in [0, 0.05) is 13.1 Å². The molecule has 0 radical (unpaired) electrons. The van der Waals surface area contributed by atoms with Crippen LogP contribution in [0.2, 0.25) is 19.1 Å². The van der Waals surface area contributed by atoms with Gasteiger partial charge >= 0.3 is 0 Å². The van der Waals surface area contributed by atoms with Crippen molar-refractivity contribution in [3.63, 3.8) is 0 Å². The number of nitrogens with zero attached hydrogens (tertiary/aromatic N) is 1. The van der Waals surface area contributed by atoms with Gasteiger partial charge in [-0.15, -0.1) is 0 Å². The van der Waals surface area contributed by atoms with Gasteiger partial charge in [0.15, 0.2) is 8.32 Å². The van der Waals surface area contributed by atoms with Crippen molar-refractivity contribution in [3.05, 3.63) is 0 Å². The van der Waals surface area contributed by atoms with Gasteiger partial charge in [0.1, 0.15) is 0 Å². The highest BCUT2D eigenvalue weighted by atomic mass is 28.4. The smallest absolute Gasteiger partial charge is 0.182 e. The van der Waals surface area contributed by atoms with Crippen molar-refractivity contribution in [1.82, 2.24) is 5.01 Å². The molecule has 0 rings (SSSR count). The fourth-order valence-electron chi connectivity index (χ4n) is 0.873. The summed E-state index contributed by atoms with van der Waals surface area (Å²) in [7, 11) is -1.82. The summed E-state index contributed by atoms with van der Waals surface area (Å²) in [5.41, 5.74) is 0. The van der Waals surface area contributed by atoms with Gasteiger partial charge in [0.2, 0.25) is 0 Å². The van der Waals surface area contributed by atoms with Crippen LogP contribution in [0.1, 0.15) is 13.3 Å². The Balaban J connectivity index is 3.28. The SMILES string of the molecule is CCN(N)CCC[Si](C)(C)O. The Kier molecular flexibility index (Phi) is 4.91. The zero-order valence-electron chi connectivity index (χ0n) is 7.80. The number of hydrogen-bond donors (Lipinski definition) is 2. The monoisotopic (exact) mass is 176 g/mol. The Morgan fingerprint density at radius 1 is 1.45 bits per heavy atom. The molecule has 0 aliphatic rings. The number of nitrogens with two attached hydrogens (primary N) is 1. The second-order valence-electron chi connectivity index (χ2n) is 3.54. The van der Waals surface area contributed by atoms with Crippen LogP contribution in [0.4, 0.5) is 0 Å². The van der Waals surface area contributed by atoms with E-state index in [0.29, 0.717) is 0 Å². The van der Waals surface area contributed by atoms with Crippen LogP contribution in [-0.4, -0.2) is 31.2 Å². The van der Waals surface area contributed by atoms with Crippen molar-refractivity contribution in [1.29, 1.82) is 0 Å². The molecule has 0 aromatic carbocycles. The van der Waals surface area contributed by atoms with Crippen molar-refractivity contribution in [2.75, 3.05) is 13.1 Å². The lowest BCUT2D eigenvalue weighted by Crippen LogP contribution is -2.33. The van der Waals surface area contributed by atoms with Crippen molar-refractivity contribution in [2.45, 2.75) is 32.5 Å². The van der Waals surface area contributed by atoms with E-state index in [2.05, 4.69) is 0 Å². The highest BCUT2D eigenvalue weighted by Gasteiger charge is 2.15. The molecule has 0 aliphatic heterocycles. The summed E-state index contributed by atoms with van der Waals surface area (Å²) < 4.78 is 0. The van der Waals surface area contributed by atoms with E-state index in [1.54, 1.807) is 5.01 Å². The second kappa shape index (κ2) is 4.87. The van der Waals surface area contributed by atoms with Gasteiger partial charge in [-0.2, -0.15) is 0 Å². The first-order valence-corrected chi connectivity index (χ1v) is 7.33. The van der Waals surface area contributed by atoms with Crippen molar-refractivity contribution in [2.24, 2.45) is 5.84 Å². The standard InChI is InChI=1S/C7H20N2OSi/c1-4-9(8)6-5-7-11(2,3)10/h10H,4-8H2,1-3H3. The largest absolute Gasteiger partial charge is 0.432 e. The minimum atomic E-state index is -1.82. The molecule has 0 aromatic heterocycles. The summed E-state index contributed by atoms with van der Waals surface area (Å²) in [6, 6.07) is 0.945. The molecule has 68 valence electrons. The Bertz CT molecular complexity index is 103. The lowest BCUT2D eigenvalue weighted by molar-refractivity contribution is 0.298. The maximum Gasteiger partial charge on any atom is 0.182 e. The van der Waals surface area contributed by atoms with Crippen LogP contribution in [0.15, 0.2) is 0 Å². The van der Waals surface area contributed by atoms with Gasteiger partial charge in [-0.05, 0) is 25.6 Å². The molecule has 0 bridgehead atoms. The third-order valence-electron chi connectivity index (χ3n) is 1.64. The Labute approximate surface area is 70.3 Å². The van der Waals surface area contributed by atoms with Crippen LogP contribution in [0.3, 0.4) is 0 Å². The molecule has 0 saturated heterocycles. The summed E-state index contributed by atoms with van der Waals surface area (Å²) in [5, 5.41) is 1.78. The summed E-state index contributed by atoms with van der Waals surface area (Å²) in [5.74, 6) is 5.57. The maximum absolute atomic E-state index is 9.48. The zero-order valence-corrected chi connectivity index (χ0v) is 8.80. The summed E-state index contributed by atoms with van der Waals surface area (Å²) in [6.07, 6.45) is 1.01. The molecule has 0 spiro atoms. The van der Waals surface area contributed by atoms with E-state index in [1.807, 2.05) is 20.0 Å². The molecule has 0 atom stereocenters. The fourth-order valence-corrected chi connectivity index (χ4v) is 1.90. The molecule has 0 aliphatic carbocycles. The first kappa shape index (κ1) is 11.1. The minimum absolute atomic E-state index is 0.882. The average molecular weight is 176 g/mol. The van der Waals surface area contributed by atoms with Gasteiger partial charge in [-0.3, -0.25) is 5.84 Å². The van der Waals surface area contributed by atoms with Crippen LogP contribution < -0.4 is 5.84 Å². The third-order valence-corrected chi connectivity index (χ3v) is 3.22. The van der Waals surface area contributed by atoms with Crippen LogP contribution in [0.25, 0.3) is 0 Å². The molecule has 0 aromatic rings. The third kappa shape index (κ3) is 8.00. The highest BCUT2D eigenvalue weighted by Crippen LogP contribution is 2.07. The normalized spacial score (nSPS) is 12.5. The van der Waals surface area contributed by atoms with E-state index in [-0.39, 0.29) is 0 Å². The second-order valence-corrected chi connectivity index (χ2v) is 7.67. The van der Waals surface area contributed by atoms with E-state index in [1.165, 1.54) is 0 Å². The number of hydrogen-bond acceptors (Lipinski definition) is 3. The lowest BCUT2D eigenvalue weighted by Gasteiger charge is -2.17. The molecular formula is C7H20N2OSi. The fraction of sp³-hybridized carbons (Fsp3) is 1.00. The van der Waals surface area contributed by atoms with Crippen molar-refractivity contribution < 1.29 is 4.80 Å². The Morgan fingerprint density at radius 3 is 2.36 bits per heavy atom. The lowest BCUT2D eigenvalue weighted by atomic mass is 10.4. The van der Waals surface area contributed by atoms with Gasteiger partial charge in [-0.25, -0.2) is 5.01 Å². The van der Waals surface area contributed by atoms with Crippen LogP contribution in [0.5, 0.6) is 0 Å². The van der Waals surface area contributed by atoms with Crippen molar-refractivity contribution >= 4 is 8.32 Å². The Hall–Kier alpha value is 0.0969. The average Bonchev–Trinajstić information content (AvgIpc) is 1.85. The molecule has 0 fully saturated rings. The van der Waals surface area contributed by atoms with Gasteiger partial charge < -0.3 is 4.80 Å². The molecule has 0 unspecified atom stereocenters. The van der Waals surface area contributed by atoms with Crippen LogP contribution >= 0.6 is 0 Å². The van der Waals surface area contributed by atoms with E-state index in [0.717, 1.165) is 25.6 Å². The molecular weight excluding hydrogens is 156 g/mol. The van der Waals surface area contributed by atoms with Crippen LogP contribution in [0, 0.1) is 0 Å². The van der Waals surface area contributed by atoms with Gasteiger partial charge in [0.25, 0.3) is 0 Å². The minimum Gasteiger partial charge on any atom is -0.432 e. The van der Waals surface area contributed by atoms with Gasteiger partial charge in [0.05, 0.1) is 0 Å². The molecule has 3 N–H and O–H groups in total. The van der Waals surface area contributed by atoms with E-state index >= 15 is 0 Å². The predicted molar refractivity (Wildman–Crippen MR) is 50.6 cm³/mol. The summed E-state index contributed by atoms with van der Waals surface area (Å²) in [4.78, 5) is 9.48. The number of rotatable bonds is 5. The van der Waals surface area contributed by atoms with Gasteiger partial charge in [-0.1, -0.05) is 6.92 Å².